The summed E-state index contributed by atoms with van der Waals surface area (Å²) in [7, 11) is 0. The van der Waals surface area contributed by atoms with Crippen LogP contribution in [0.3, 0.4) is 0 Å². The predicted octanol–water partition coefficient (Wildman–Crippen LogP) is 3.06. The van der Waals surface area contributed by atoms with Gasteiger partial charge in [0, 0.05) is 6.07 Å². The zero-order valence-electron chi connectivity index (χ0n) is 8.42. The van der Waals surface area contributed by atoms with Gasteiger partial charge in [0.1, 0.15) is 17.2 Å². The van der Waals surface area contributed by atoms with Crippen molar-refractivity contribution in [3.8, 4) is 23.3 Å². The Hall–Kier alpha value is -2.47. The van der Waals surface area contributed by atoms with Gasteiger partial charge in [0.05, 0.1) is 11.6 Å². The van der Waals surface area contributed by atoms with Gasteiger partial charge in [-0.05, 0) is 30.3 Å². The first-order chi connectivity index (χ1) is 7.78. The van der Waals surface area contributed by atoms with E-state index in [0.29, 0.717) is 17.1 Å². The molecule has 0 saturated heterocycles. The zero-order chi connectivity index (χ0) is 11.4. The summed E-state index contributed by atoms with van der Waals surface area (Å²) in [5.74, 6) is 1.26. The second-order valence-electron chi connectivity index (χ2n) is 3.24. The number of hydrogen-bond donors (Lipinski definition) is 1. The molecular weight excluding hydrogens is 202 g/mol. The molecule has 16 heavy (non-hydrogen) atoms. The van der Waals surface area contributed by atoms with E-state index >= 15 is 0 Å². The second kappa shape index (κ2) is 4.37. The smallest absolute Gasteiger partial charge is 0.131 e. The SMILES string of the molecule is N#Cc1cccc(Oc2cccc(O)c2)c1. The third-order valence-corrected chi connectivity index (χ3v) is 2.02. The Kier molecular flexibility index (Phi) is 2.75. The third kappa shape index (κ3) is 2.31. The molecule has 78 valence electrons. The molecule has 0 heterocycles. The van der Waals surface area contributed by atoms with Crippen LogP contribution in [0.1, 0.15) is 5.56 Å². The van der Waals surface area contributed by atoms with Crippen LogP contribution in [0.4, 0.5) is 0 Å². The lowest BCUT2D eigenvalue weighted by molar-refractivity contribution is 0.455. The molecular formula is C13H9NO2. The summed E-state index contributed by atoms with van der Waals surface area (Å²) in [6, 6.07) is 15.4. The minimum atomic E-state index is 0.147. The normalized spacial score (nSPS) is 9.44. The highest BCUT2D eigenvalue weighted by molar-refractivity contribution is 5.40. The highest BCUT2D eigenvalue weighted by atomic mass is 16.5. The molecule has 0 atom stereocenters. The van der Waals surface area contributed by atoms with E-state index in [1.54, 1.807) is 42.5 Å². The minimum absolute atomic E-state index is 0.147. The van der Waals surface area contributed by atoms with E-state index in [1.807, 2.05) is 6.07 Å². The molecule has 0 unspecified atom stereocenters. The van der Waals surface area contributed by atoms with E-state index in [2.05, 4.69) is 0 Å². The number of phenols is 1. The van der Waals surface area contributed by atoms with Crippen molar-refractivity contribution in [2.75, 3.05) is 0 Å². The topological polar surface area (TPSA) is 53.2 Å². The lowest BCUT2D eigenvalue weighted by Crippen LogP contribution is -1.84. The summed E-state index contributed by atoms with van der Waals surface area (Å²) in [6.45, 7) is 0. The first-order valence-electron chi connectivity index (χ1n) is 4.75. The highest BCUT2D eigenvalue weighted by Gasteiger charge is 1.99. The van der Waals surface area contributed by atoms with Crippen LogP contribution in [-0.2, 0) is 0 Å². The average molecular weight is 211 g/mol. The fourth-order valence-corrected chi connectivity index (χ4v) is 1.31. The van der Waals surface area contributed by atoms with Gasteiger partial charge in [0.25, 0.3) is 0 Å². The van der Waals surface area contributed by atoms with Crippen LogP contribution < -0.4 is 4.74 Å². The van der Waals surface area contributed by atoms with Crippen molar-refractivity contribution < 1.29 is 9.84 Å². The van der Waals surface area contributed by atoms with Gasteiger partial charge >= 0.3 is 0 Å². The summed E-state index contributed by atoms with van der Waals surface area (Å²) < 4.78 is 5.49. The van der Waals surface area contributed by atoms with E-state index in [1.165, 1.54) is 6.07 Å². The van der Waals surface area contributed by atoms with Crippen LogP contribution in [-0.4, -0.2) is 5.11 Å². The fourth-order valence-electron chi connectivity index (χ4n) is 1.31. The van der Waals surface area contributed by atoms with E-state index in [9.17, 15) is 5.11 Å². The average Bonchev–Trinajstić information content (AvgIpc) is 2.29. The maximum absolute atomic E-state index is 9.26. The standard InChI is InChI=1S/C13H9NO2/c14-9-10-3-1-5-12(7-10)16-13-6-2-4-11(15)8-13/h1-8,15H. The maximum Gasteiger partial charge on any atom is 0.131 e. The number of hydrogen-bond acceptors (Lipinski definition) is 3. The second-order valence-corrected chi connectivity index (χ2v) is 3.24. The Morgan fingerprint density at radius 1 is 1.00 bits per heavy atom. The molecule has 2 aromatic carbocycles. The monoisotopic (exact) mass is 211 g/mol. The Balaban J connectivity index is 2.24. The molecule has 0 bridgehead atoms. The molecule has 0 fully saturated rings. The summed E-state index contributed by atoms with van der Waals surface area (Å²) in [5, 5.41) is 18.0. The minimum Gasteiger partial charge on any atom is -0.508 e. The highest BCUT2D eigenvalue weighted by Crippen LogP contribution is 2.24. The molecule has 0 amide bonds. The summed E-state index contributed by atoms with van der Waals surface area (Å²) >= 11 is 0. The molecule has 0 radical (unpaired) electrons. The van der Waals surface area contributed by atoms with Gasteiger partial charge < -0.3 is 9.84 Å². The maximum atomic E-state index is 9.26. The Morgan fingerprint density at radius 2 is 1.69 bits per heavy atom. The summed E-state index contributed by atoms with van der Waals surface area (Å²) in [6.07, 6.45) is 0. The largest absolute Gasteiger partial charge is 0.508 e. The number of rotatable bonds is 2. The van der Waals surface area contributed by atoms with Crippen LogP contribution in [0.25, 0.3) is 0 Å². The van der Waals surface area contributed by atoms with Gasteiger partial charge in [0.2, 0.25) is 0 Å². The molecule has 0 aliphatic rings. The van der Waals surface area contributed by atoms with Crippen LogP contribution >= 0.6 is 0 Å². The molecule has 0 aliphatic carbocycles. The molecule has 0 saturated carbocycles. The Labute approximate surface area is 93.2 Å². The van der Waals surface area contributed by atoms with Crippen molar-refractivity contribution in [1.82, 2.24) is 0 Å². The molecule has 1 N–H and O–H groups in total. The molecule has 2 rings (SSSR count). The van der Waals surface area contributed by atoms with Crippen molar-refractivity contribution in [2.24, 2.45) is 0 Å². The van der Waals surface area contributed by atoms with E-state index < -0.39 is 0 Å². The van der Waals surface area contributed by atoms with Gasteiger partial charge in [-0.15, -0.1) is 0 Å². The lowest BCUT2D eigenvalue weighted by atomic mass is 10.2. The first kappa shape index (κ1) is 10.1. The number of benzene rings is 2. The molecule has 0 aliphatic heterocycles. The third-order valence-electron chi connectivity index (χ3n) is 2.02. The lowest BCUT2D eigenvalue weighted by Gasteiger charge is -2.05. The van der Waals surface area contributed by atoms with E-state index in [4.69, 9.17) is 10.00 Å². The quantitative estimate of drug-likeness (QED) is 0.830. The summed E-state index contributed by atoms with van der Waals surface area (Å²) in [5.41, 5.74) is 0.539. The van der Waals surface area contributed by atoms with Crippen molar-refractivity contribution in [1.29, 1.82) is 5.26 Å². The number of nitrogens with zero attached hydrogens (tertiary/aromatic N) is 1. The number of phenolic OH excluding ortho intramolecular Hbond substituents is 1. The summed E-state index contributed by atoms with van der Waals surface area (Å²) in [4.78, 5) is 0. The predicted molar refractivity (Wildman–Crippen MR) is 59.3 cm³/mol. The number of aromatic hydroxyl groups is 1. The molecule has 3 nitrogen and oxygen atoms in total. The van der Waals surface area contributed by atoms with Crippen LogP contribution in [0, 0.1) is 11.3 Å². The fraction of sp³-hybridized carbons (Fsp3) is 0. The first-order valence-corrected chi connectivity index (χ1v) is 4.75. The van der Waals surface area contributed by atoms with Crippen LogP contribution in [0.2, 0.25) is 0 Å². The van der Waals surface area contributed by atoms with Crippen molar-refractivity contribution in [3.63, 3.8) is 0 Å². The molecule has 2 aromatic rings. The number of ether oxygens (including phenoxy) is 1. The van der Waals surface area contributed by atoms with Gasteiger partial charge in [-0.1, -0.05) is 12.1 Å². The molecule has 0 spiro atoms. The van der Waals surface area contributed by atoms with Gasteiger partial charge in [0.15, 0.2) is 0 Å². The Morgan fingerprint density at radius 3 is 2.38 bits per heavy atom. The van der Waals surface area contributed by atoms with Gasteiger partial charge in [-0.25, -0.2) is 0 Å². The van der Waals surface area contributed by atoms with Gasteiger partial charge in [-0.2, -0.15) is 5.26 Å². The van der Waals surface area contributed by atoms with Crippen molar-refractivity contribution >= 4 is 0 Å². The number of nitriles is 1. The molecule has 3 heteroatoms. The van der Waals surface area contributed by atoms with Gasteiger partial charge in [-0.3, -0.25) is 0 Å². The van der Waals surface area contributed by atoms with E-state index in [0.717, 1.165) is 0 Å². The zero-order valence-corrected chi connectivity index (χ0v) is 8.42. The van der Waals surface area contributed by atoms with Crippen molar-refractivity contribution in [2.45, 2.75) is 0 Å². The van der Waals surface area contributed by atoms with Crippen LogP contribution in [0.15, 0.2) is 48.5 Å². The Bertz CT molecular complexity index is 544. The van der Waals surface area contributed by atoms with Crippen LogP contribution in [0.5, 0.6) is 17.2 Å². The molecule has 0 aromatic heterocycles. The van der Waals surface area contributed by atoms with E-state index in [-0.39, 0.29) is 5.75 Å². The van der Waals surface area contributed by atoms with Crippen molar-refractivity contribution in [3.05, 3.63) is 54.1 Å².